The van der Waals surface area contributed by atoms with E-state index in [1.54, 1.807) is 12.3 Å². The second kappa shape index (κ2) is 7.79. The van der Waals surface area contributed by atoms with E-state index in [2.05, 4.69) is 31.8 Å². The average molecular weight is 381 g/mol. The molecule has 1 fully saturated rings. The molecule has 28 heavy (non-hydrogen) atoms. The summed E-state index contributed by atoms with van der Waals surface area (Å²) in [7, 11) is 0. The first-order chi connectivity index (χ1) is 13.7. The molecule has 4 heterocycles. The van der Waals surface area contributed by atoms with Gasteiger partial charge in [-0.15, -0.1) is 10.2 Å². The molecule has 0 saturated carbocycles. The highest BCUT2D eigenvalue weighted by molar-refractivity contribution is 5.93. The molecule has 1 aliphatic heterocycles. The minimum absolute atomic E-state index is 0.0500. The molecule has 0 spiro atoms. The summed E-state index contributed by atoms with van der Waals surface area (Å²) in [4.78, 5) is 28.2. The van der Waals surface area contributed by atoms with Crippen LogP contribution >= 0.6 is 0 Å². The van der Waals surface area contributed by atoms with E-state index in [1.165, 1.54) is 12.3 Å². The van der Waals surface area contributed by atoms with Crippen LogP contribution in [0.4, 0.5) is 0 Å². The van der Waals surface area contributed by atoms with E-state index in [0.29, 0.717) is 25.2 Å². The molecule has 0 atom stereocenters. The van der Waals surface area contributed by atoms with E-state index in [1.807, 2.05) is 21.8 Å². The van der Waals surface area contributed by atoms with Gasteiger partial charge >= 0.3 is 0 Å². The maximum Gasteiger partial charge on any atom is 0.255 e. The molecule has 1 amide bonds. The SMILES string of the molecule is CCn1c(Cn2cccn2)nnc1C1CCN(C(=O)c2ccc(=O)[nH]c2)CC1. The second-order valence-corrected chi connectivity index (χ2v) is 6.93. The van der Waals surface area contributed by atoms with Crippen molar-refractivity contribution in [1.29, 1.82) is 0 Å². The molecule has 0 bridgehead atoms. The van der Waals surface area contributed by atoms with Gasteiger partial charge in [0.05, 0.1) is 5.56 Å². The van der Waals surface area contributed by atoms with Crippen molar-refractivity contribution >= 4 is 5.91 Å². The first kappa shape index (κ1) is 18.1. The number of carbonyl (C=O) groups is 1. The van der Waals surface area contributed by atoms with Crippen molar-refractivity contribution in [3.63, 3.8) is 0 Å². The number of piperidine rings is 1. The Morgan fingerprint density at radius 2 is 2.07 bits per heavy atom. The first-order valence-electron chi connectivity index (χ1n) is 9.53. The van der Waals surface area contributed by atoms with Gasteiger partial charge in [0, 0.05) is 50.2 Å². The lowest BCUT2D eigenvalue weighted by Crippen LogP contribution is -2.38. The number of hydrogen-bond acceptors (Lipinski definition) is 5. The molecule has 0 aromatic carbocycles. The van der Waals surface area contributed by atoms with Crippen LogP contribution in [0.25, 0.3) is 0 Å². The standard InChI is InChI=1S/C19H23N7O2/c1-2-26-16(13-25-9-3-8-21-25)22-23-18(26)14-6-10-24(11-7-14)19(28)15-4-5-17(27)20-12-15/h3-5,8-9,12,14H,2,6-7,10-11,13H2,1H3,(H,20,27). The van der Waals surface area contributed by atoms with Crippen molar-refractivity contribution in [1.82, 2.24) is 34.4 Å². The van der Waals surface area contributed by atoms with Crippen molar-refractivity contribution in [3.8, 4) is 0 Å². The summed E-state index contributed by atoms with van der Waals surface area (Å²) in [5, 5.41) is 13.1. The van der Waals surface area contributed by atoms with E-state index < -0.39 is 0 Å². The number of likely N-dealkylation sites (tertiary alicyclic amines) is 1. The highest BCUT2D eigenvalue weighted by atomic mass is 16.2. The Hall–Kier alpha value is -3.23. The molecular formula is C19H23N7O2. The average Bonchev–Trinajstić information content (AvgIpc) is 3.38. The normalized spacial score (nSPS) is 15.1. The summed E-state index contributed by atoms with van der Waals surface area (Å²) in [6.07, 6.45) is 6.83. The molecule has 1 saturated heterocycles. The Bertz CT molecular complexity index is 977. The fraction of sp³-hybridized carbons (Fsp3) is 0.421. The van der Waals surface area contributed by atoms with Crippen molar-refractivity contribution in [3.05, 3.63) is 64.4 Å². The molecule has 0 radical (unpaired) electrons. The Kier molecular flexibility index (Phi) is 5.05. The van der Waals surface area contributed by atoms with E-state index in [4.69, 9.17) is 0 Å². The maximum atomic E-state index is 12.6. The van der Waals surface area contributed by atoms with Crippen LogP contribution in [0.15, 0.2) is 41.6 Å². The van der Waals surface area contributed by atoms with Crippen LogP contribution in [0.5, 0.6) is 0 Å². The van der Waals surface area contributed by atoms with E-state index in [-0.39, 0.29) is 17.4 Å². The van der Waals surface area contributed by atoms with Gasteiger partial charge in [-0.3, -0.25) is 14.3 Å². The zero-order valence-corrected chi connectivity index (χ0v) is 15.8. The number of carbonyl (C=O) groups excluding carboxylic acids is 1. The molecule has 9 heteroatoms. The molecule has 9 nitrogen and oxygen atoms in total. The molecule has 3 aromatic rings. The molecule has 0 aliphatic carbocycles. The smallest absolute Gasteiger partial charge is 0.255 e. The first-order valence-corrected chi connectivity index (χ1v) is 9.53. The van der Waals surface area contributed by atoms with Crippen LogP contribution in [0.3, 0.4) is 0 Å². The van der Waals surface area contributed by atoms with Crippen molar-refractivity contribution in [2.24, 2.45) is 0 Å². The Morgan fingerprint density at radius 1 is 1.25 bits per heavy atom. The predicted octanol–water partition coefficient (Wildman–Crippen LogP) is 1.25. The number of hydrogen-bond donors (Lipinski definition) is 1. The van der Waals surface area contributed by atoms with Crippen LogP contribution in [0.1, 0.15) is 47.7 Å². The minimum atomic E-state index is -0.208. The third-order valence-electron chi connectivity index (χ3n) is 5.21. The number of aromatic nitrogens is 6. The lowest BCUT2D eigenvalue weighted by Gasteiger charge is -2.31. The molecule has 1 aliphatic rings. The number of aromatic amines is 1. The van der Waals surface area contributed by atoms with Gasteiger partial charge < -0.3 is 14.5 Å². The lowest BCUT2D eigenvalue weighted by molar-refractivity contribution is 0.0709. The van der Waals surface area contributed by atoms with Crippen LogP contribution in [-0.2, 0) is 13.1 Å². The minimum Gasteiger partial charge on any atom is -0.339 e. The topological polar surface area (TPSA) is 102 Å². The van der Waals surface area contributed by atoms with Gasteiger partial charge in [0.25, 0.3) is 5.91 Å². The molecular weight excluding hydrogens is 358 g/mol. The Morgan fingerprint density at radius 3 is 2.71 bits per heavy atom. The van der Waals surface area contributed by atoms with Gasteiger partial charge in [0.2, 0.25) is 5.56 Å². The maximum absolute atomic E-state index is 12.6. The highest BCUT2D eigenvalue weighted by Gasteiger charge is 2.28. The number of nitrogens with zero attached hydrogens (tertiary/aromatic N) is 6. The zero-order valence-electron chi connectivity index (χ0n) is 15.8. The summed E-state index contributed by atoms with van der Waals surface area (Å²) in [6, 6.07) is 4.84. The molecule has 0 unspecified atom stereocenters. The van der Waals surface area contributed by atoms with Gasteiger partial charge in [-0.05, 0) is 31.9 Å². The number of pyridine rings is 1. The number of rotatable bonds is 5. The number of nitrogens with one attached hydrogen (secondary N) is 1. The van der Waals surface area contributed by atoms with Gasteiger partial charge in [-0.25, -0.2) is 0 Å². The molecule has 146 valence electrons. The molecule has 3 aromatic heterocycles. The number of amides is 1. The van der Waals surface area contributed by atoms with E-state index in [9.17, 15) is 9.59 Å². The monoisotopic (exact) mass is 381 g/mol. The van der Waals surface area contributed by atoms with Crippen molar-refractivity contribution < 1.29 is 4.79 Å². The van der Waals surface area contributed by atoms with Crippen LogP contribution in [-0.4, -0.2) is 53.4 Å². The Labute approximate surface area is 162 Å². The summed E-state index contributed by atoms with van der Waals surface area (Å²) < 4.78 is 4.00. The largest absolute Gasteiger partial charge is 0.339 e. The molecule has 1 N–H and O–H groups in total. The highest BCUT2D eigenvalue weighted by Crippen LogP contribution is 2.28. The van der Waals surface area contributed by atoms with Crippen molar-refractivity contribution in [2.75, 3.05) is 13.1 Å². The van der Waals surface area contributed by atoms with Crippen LogP contribution in [0, 0.1) is 0 Å². The van der Waals surface area contributed by atoms with E-state index in [0.717, 1.165) is 31.0 Å². The predicted molar refractivity (Wildman–Crippen MR) is 102 cm³/mol. The van der Waals surface area contributed by atoms with Crippen molar-refractivity contribution in [2.45, 2.75) is 38.8 Å². The summed E-state index contributed by atoms with van der Waals surface area (Å²) in [6.45, 7) is 4.81. The third-order valence-corrected chi connectivity index (χ3v) is 5.21. The zero-order chi connectivity index (χ0) is 19.5. The summed E-state index contributed by atoms with van der Waals surface area (Å²) in [5.74, 6) is 2.11. The fourth-order valence-electron chi connectivity index (χ4n) is 3.72. The van der Waals surface area contributed by atoms with Gasteiger partial charge in [-0.1, -0.05) is 0 Å². The fourth-order valence-corrected chi connectivity index (χ4v) is 3.72. The van der Waals surface area contributed by atoms with E-state index >= 15 is 0 Å². The van der Waals surface area contributed by atoms with Gasteiger partial charge in [-0.2, -0.15) is 5.10 Å². The van der Waals surface area contributed by atoms with Gasteiger partial charge in [0.15, 0.2) is 5.82 Å². The van der Waals surface area contributed by atoms with Gasteiger partial charge in [0.1, 0.15) is 12.4 Å². The quantitative estimate of drug-likeness (QED) is 0.717. The second-order valence-electron chi connectivity index (χ2n) is 6.93. The third kappa shape index (κ3) is 3.60. The lowest BCUT2D eigenvalue weighted by atomic mass is 9.95. The molecule has 4 rings (SSSR count). The Balaban J connectivity index is 1.43. The van der Waals surface area contributed by atoms with Crippen LogP contribution in [0.2, 0.25) is 0 Å². The van der Waals surface area contributed by atoms with Crippen LogP contribution < -0.4 is 5.56 Å². The summed E-state index contributed by atoms with van der Waals surface area (Å²) >= 11 is 0. The number of H-pyrrole nitrogens is 1. The summed E-state index contributed by atoms with van der Waals surface area (Å²) in [5.41, 5.74) is 0.302.